The minimum absolute atomic E-state index is 0.000856. The largest absolute Gasteiger partial charge is 0.487 e. The van der Waals surface area contributed by atoms with Crippen LogP contribution in [0.15, 0.2) is 12.1 Å². The summed E-state index contributed by atoms with van der Waals surface area (Å²) in [6.45, 7) is 0. The molecule has 5 nitrogen and oxygen atoms in total. The van der Waals surface area contributed by atoms with Crippen LogP contribution in [0.25, 0.3) is 0 Å². The molecule has 0 bridgehead atoms. The Bertz CT molecular complexity index is 582. The molecule has 0 radical (unpaired) electrons. The summed E-state index contributed by atoms with van der Waals surface area (Å²) < 4.78 is 67.1. The van der Waals surface area contributed by atoms with Crippen molar-refractivity contribution in [2.45, 2.75) is 25.1 Å². The van der Waals surface area contributed by atoms with Crippen molar-refractivity contribution in [3.63, 3.8) is 0 Å². The van der Waals surface area contributed by atoms with E-state index >= 15 is 0 Å². The van der Waals surface area contributed by atoms with E-state index in [0.29, 0.717) is 0 Å². The van der Waals surface area contributed by atoms with Crippen molar-refractivity contribution in [1.82, 2.24) is 4.98 Å². The lowest BCUT2D eigenvalue weighted by molar-refractivity contribution is -0.141. The summed E-state index contributed by atoms with van der Waals surface area (Å²) in [6.07, 6.45) is -2.32. The summed E-state index contributed by atoms with van der Waals surface area (Å²) in [6, 6.07) is 1.83. The van der Waals surface area contributed by atoms with E-state index in [1.54, 1.807) is 0 Å². The van der Waals surface area contributed by atoms with Crippen molar-refractivity contribution >= 4 is 15.8 Å². The average Bonchev–Trinajstić information content (AvgIpc) is 3.00. The van der Waals surface area contributed by atoms with Gasteiger partial charge in [0.15, 0.2) is 11.6 Å². The van der Waals surface area contributed by atoms with Crippen molar-refractivity contribution in [2.75, 3.05) is 11.0 Å². The zero-order valence-corrected chi connectivity index (χ0v) is 10.7. The van der Waals surface area contributed by atoms with Crippen molar-refractivity contribution in [3.05, 3.63) is 17.8 Å². The number of sulfonamides is 1. The highest BCUT2D eigenvalue weighted by molar-refractivity contribution is 7.92. The van der Waals surface area contributed by atoms with Gasteiger partial charge in [-0.25, -0.2) is 13.4 Å². The van der Waals surface area contributed by atoms with E-state index in [1.165, 1.54) is 0 Å². The maximum Gasteiger partial charge on any atom is 0.433 e. The fourth-order valence-electron chi connectivity index (χ4n) is 1.31. The normalized spacial score (nSPS) is 16.2. The van der Waals surface area contributed by atoms with Crippen LogP contribution in [0.4, 0.5) is 19.0 Å². The van der Waals surface area contributed by atoms with Gasteiger partial charge in [0, 0.05) is 0 Å². The topological polar surface area (TPSA) is 68.3 Å². The van der Waals surface area contributed by atoms with Crippen LogP contribution in [-0.2, 0) is 16.2 Å². The monoisotopic (exact) mass is 296 g/mol. The standard InChI is InChI=1S/C10H11F3N2O3S/c1-19(16,17)15-9-7(18-6-2-3-6)4-5-8(14-9)10(11,12)13/h4-6H,2-3H2,1H3,(H,14,15). The van der Waals surface area contributed by atoms with Gasteiger partial charge in [-0.05, 0) is 25.0 Å². The molecule has 106 valence electrons. The molecule has 1 aliphatic carbocycles. The Morgan fingerprint density at radius 2 is 2.00 bits per heavy atom. The molecule has 0 aliphatic heterocycles. The first-order valence-corrected chi connectivity index (χ1v) is 7.27. The van der Waals surface area contributed by atoms with E-state index in [0.717, 1.165) is 31.2 Å². The number of halogens is 3. The average molecular weight is 296 g/mol. The molecule has 0 saturated heterocycles. The van der Waals surface area contributed by atoms with Gasteiger partial charge in [0.05, 0.1) is 12.4 Å². The molecule has 19 heavy (non-hydrogen) atoms. The molecular weight excluding hydrogens is 285 g/mol. The molecule has 1 aliphatic rings. The maximum absolute atomic E-state index is 12.5. The first-order chi connectivity index (χ1) is 8.65. The molecule has 1 aromatic rings. The van der Waals surface area contributed by atoms with E-state index in [2.05, 4.69) is 4.98 Å². The number of hydrogen-bond acceptors (Lipinski definition) is 4. The van der Waals surface area contributed by atoms with Crippen molar-refractivity contribution in [2.24, 2.45) is 0 Å². The zero-order valence-electron chi connectivity index (χ0n) is 9.86. The van der Waals surface area contributed by atoms with Crippen molar-refractivity contribution < 1.29 is 26.3 Å². The molecule has 0 amide bonds. The Morgan fingerprint density at radius 3 is 2.47 bits per heavy atom. The minimum Gasteiger partial charge on any atom is -0.487 e. The van der Waals surface area contributed by atoms with E-state index in [1.807, 2.05) is 4.72 Å². The fraction of sp³-hybridized carbons (Fsp3) is 0.500. The highest BCUT2D eigenvalue weighted by atomic mass is 32.2. The molecule has 1 aromatic heterocycles. The SMILES string of the molecule is CS(=O)(=O)Nc1nc(C(F)(F)F)ccc1OC1CC1. The summed E-state index contributed by atoms with van der Waals surface area (Å²) in [7, 11) is -3.74. The van der Waals surface area contributed by atoms with Crippen LogP contribution in [-0.4, -0.2) is 25.8 Å². The Labute approximate surface area is 107 Å². The summed E-state index contributed by atoms with van der Waals surface area (Å²) in [5, 5.41) is 0. The fourth-order valence-corrected chi connectivity index (χ4v) is 1.81. The highest BCUT2D eigenvalue weighted by Gasteiger charge is 2.34. The summed E-state index contributed by atoms with van der Waals surface area (Å²) in [5.74, 6) is -0.440. The third kappa shape index (κ3) is 3.98. The lowest BCUT2D eigenvalue weighted by Gasteiger charge is -2.13. The van der Waals surface area contributed by atoms with Crippen LogP contribution >= 0.6 is 0 Å². The summed E-state index contributed by atoms with van der Waals surface area (Å²) >= 11 is 0. The molecule has 1 N–H and O–H groups in total. The third-order valence-electron chi connectivity index (χ3n) is 2.25. The lowest BCUT2D eigenvalue weighted by Crippen LogP contribution is -2.16. The molecular formula is C10H11F3N2O3S. The molecule has 1 heterocycles. The number of nitrogens with zero attached hydrogens (tertiary/aromatic N) is 1. The number of alkyl halides is 3. The summed E-state index contributed by atoms with van der Waals surface area (Å²) in [4.78, 5) is 3.27. The second-order valence-electron chi connectivity index (χ2n) is 4.23. The quantitative estimate of drug-likeness (QED) is 0.923. The van der Waals surface area contributed by atoms with Gasteiger partial charge in [-0.15, -0.1) is 0 Å². The van der Waals surface area contributed by atoms with Gasteiger partial charge < -0.3 is 4.74 Å². The Kier molecular flexibility index (Phi) is 3.33. The van der Waals surface area contributed by atoms with Gasteiger partial charge in [-0.2, -0.15) is 13.2 Å². The number of ether oxygens (including phenoxy) is 1. The first kappa shape index (κ1) is 13.9. The molecule has 9 heteroatoms. The minimum atomic E-state index is -4.65. The van der Waals surface area contributed by atoms with E-state index < -0.39 is 27.7 Å². The maximum atomic E-state index is 12.5. The third-order valence-corrected chi connectivity index (χ3v) is 2.81. The molecule has 0 spiro atoms. The molecule has 1 fully saturated rings. The first-order valence-electron chi connectivity index (χ1n) is 5.38. The van der Waals surface area contributed by atoms with Crippen molar-refractivity contribution in [3.8, 4) is 5.75 Å². The van der Waals surface area contributed by atoms with Gasteiger partial charge in [0.1, 0.15) is 5.69 Å². The van der Waals surface area contributed by atoms with Crippen LogP contribution in [0.5, 0.6) is 5.75 Å². The number of anilines is 1. The van der Waals surface area contributed by atoms with E-state index in [4.69, 9.17) is 4.74 Å². The number of pyridine rings is 1. The van der Waals surface area contributed by atoms with Crippen LogP contribution in [0.2, 0.25) is 0 Å². The number of aromatic nitrogens is 1. The van der Waals surface area contributed by atoms with Crippen molar-refractivity contribution in [1.29, 1.82) is 0 Å². The van der Waals surface area contributed by atoms with Gasteiger partial charge >= 0.3 is 6.18 Å². The Hall–Kier alpha value is -1.51. The lowest BCUT2D eigenvalue weighted by atomic mass is 10.3. The smallest absolute Gasteiger partial charge is 0.433 e. The second kappa shape index (κ2) is 4.55. The van der Waals surface area contributed by atoms with Crippen LogP contribution < -0.4 is 9.46 Å². The predicted molar refractivity (Wildman–Crippen MR) is 61.4 cm³/mol. The molecule has 0 atom stereocenters. The molecule has 2 rings (SSSR count). The van der Waals surface area contributed by atoms with Gasteiger partial charge in [0.25, 0.3) is 0 Å². The number of nitrogens with one attached hydrogen (secondary N) is 1. The zero-order chi connectivity index (χ0) is 14.3. The van der Waals surface area contributed by atoms with Crippen LogP contribution in [0, 0.1) is 0 Å². The number of hydrogen-bond donors (Lipinski definition) is 1. The number of rotatable bonds is 4. The van der Waals surface area contributed by atoms with E-state index in [9.17, 15) is 21.6 Å². The summed E-state index contributed by atoms with van der Waals surface area (Å²) in [5.41, 5.74) is -1.18. The predicted octanol–water partition coefficient (Wildman–Crippen LogP) is 2.01. The van der Waals surface area contributed by atoms with Crippen LogP contribution in [0.3, 0.4) is 0 Å². The van der Waals surface area contributed by atoms with Gasteiger partial charge in [-0.3, -0.25) is 4.72 Å². The Balaban J connectivity index is 2.37. The molecule has 0 aromatic carbocycles. The molecule has 0 unspecified atom stereocenters. The highest BCUT2D eigenvalue weighted by Crippen LogP contribution is 2.35. The molecule has 1 saturated carbocycles. The Morgan fingerprint density at radius 1 is 1.37 bits per heavy atom. The van der Waals surface area contributed by atoms with Crippen LogP contribution in [0.1, 0.15) is 18.5 Å². The van der Waals surface area contributed by atoms with Gasteiger partial charge in [-0.1, -0.05) is 0 Å². The van der Waals surface area contributed by atoms with Gasteiger partial charge in [0.2, 0.25) is 10.0 Å². The van der Waals surface area contributed by atoms with E-state index in [-0.39, 0.29) is 11.9 Å². The second-order valence-corrected chi connectivity index (χ2v) is 5.98.